The van der Waals surface area contributed by atoms with Gasteiger partial charge in [0.25, 0.3) is 0 Å². The van der Waals surface area contributed by atoms with Crippen molar-refractivity contribution in [3.8, 4) is 0 Å². The van der Waals surface area contributed by atoms with Crippen molar-refractivity contribution in [3.05, 3.63) is 24.3 Å². The molecular weight excluding hydrogens is 264 g/mol. The van der Waals surface area contributed by atoms with Crippen molar-refractivity contribution in [2.45, 2.75) is 51.7 Å². The van der Waals surface area contributed by atoms with Gasteiger partial charge >= 0.3 is 0 Å². The molecule has 21 heavy (non-hydrogen) atoms. The summed E-state index contributed by atoms with van der Waals surface area (Å²) in [6.07, 6.45) is 4.98. The first-order valence-electron chi connectivity index (χ1n) is 7.80. The minimum absolute atomic E-state index is 0.0159. The van der Waals surface area contributed by atoms with Gasteiger partial charge in [-0.15, -0.1) is 0 Å². The largest absolute Gasteiger partial charge is 0.380 e. The molecule has 0 saturated heterocycles. The van der Waals surface area contributed by atoms with E-state index >= 15 is 0 Å². The fourth-order valence-corrected chi connectivity index (χ4v) is 2.73. The lowest BCUT2D eigenvalue weighted by Crippen LogP contribution is -2.37. The van der Waals surface area contributed by atoms with Gasteiger partial charge in [-0.05, 0) is 31.0 Å². The molecule has 1 aromatic carbocycles. The molecule has 1 amide bonds. The molecule has 0 aromatic heterocycles. The molecule has 0 bridgehead atoms. The van der Waals surface area contributed by atoms with E-state index in [1.165, 1.54) is 12.8 Å². The van der Waals surface area contributed by atoms with Crippen LogP contribution in [-0.2, 0) is 9.53 Å². The molecular formula is C17H26N2O2. The Kier molecular flexibility index (Phi) is 5.62. The van der Waals surface area contributed by atoms with E-state index < -0.39 is 0 Å². The molecule has 0 spiro atoms. The summed E-state index contributed by atoms with van der Waals surface area (Å²) in [6, 6.07) is 8.25. The van der Waals surface area contributed by atoms with Crippen LogP contribution in [0.1, 0.15) is 39.5 Å². The topological polar surface area (TPSA) is 50.4 Å². The van der Waals surface area contributed by atoms with E-state index in [1.807, 2.05) is 38.1 Å². The van der Waals surface area contributed by atoms with Crippen LogP contribution >= 0.6 is 0 Å². The maximum atomic E-state index is 11.8. The summed E-state index contributed by atoms with van der Waals surface area (Å²) in [4.78, 5) is 11.8. The Morgan fingerprint density at radius 2 is 1.95 bits per heavy atom. The Bertz CT molecular complexity index is 474. The minimum Gasteiger partial charge on any atom is -0.380 e. The Hall–Kier alpha value is -1.55. The van der Waals surface area contributed by atoms with Gasteiger partial charge < -0.3 is 15.4 Å². The van der Waals surface area contributed by atoms with Crippen molar-refractivity contribution < 1.29 is 9.53 Å². The minimum atomic E-state index is -0.0159. The lowest BCUT2D eigenvalue weighted by atomic mass is 9.92. The number of ether oxygens (including phenoxy) is 1. The summed E-state index contributed by atoms with van der Waals surface area (Å²) in [7, 11) is 1.78. The quantitative estimate of drug-likeness (QED) is 0.870. The highest BCUT2D eigenvalue weighted by atomic mass is 16.5. The molecule has 116 valence electrons. The zero-order valence-corrected chi connectivity index (χ0v) is 13.2. The molecule has 1 aromatic rings. The fourth-order valence-electron chi connectivity index (χ4n) is 2.73. The van der Waals surface area contributed by atoms with E-state index in [4.69, 9.17) is 4.74 Å². The van der Waals surface area contributed by atoms with Gasteiger partial charge in [0.15, 0.2) is 0 Å². The van der Waals surface area contributed by atoms with Crippen molar-refractivity contribution in [1.82, 2.24) is 0 Å². The summed E-state index contributed by atoms with van der Waals surface area (Å²) in [6.45, 7) is 3.78. The molecule has 2 unspecified atom stereocenters. The van der Waals surface area contributed by atoms with Gasteiger partial charge in [-0.2, -0.15) is 0 Å². The van der Waals surface area contributed by atoms with Crippen molar-refractivity contribution in [1.29, 1.82) is 0 Å². The van der Waals surface area contributed by atoms with Gasteiger partial charge in [-0.25, -0.2) is 0 Å². The van der Waals surface area contributed by atoms with Gasteiger partial charge in [-0.1, -0.05) is 32.8 Å². The molecule has 2 rings (SSSR count). The van der Waals surface area contributed by atoms with Crippen LogP contribution in [0.15, 0.2) is 24.3 Å². The number of hydrogen-bond donors (Lipinski definition) is 2. The fraction of sp³-hybridized carbons (Fsp3) is 0.588. The summed E-state index contributed by atoms with van der Waals surface area (Å²) in [5.74, 6) is 0.0254. The van der Waals surface area contributed by atoms with Crippen LogP contribution in [0.2, 0.25) is 0 Å². The second kappa shape index (κ2) is 7.46. The van der Waals surface area contributed by atoms with Crippen LogP contribution in [0.5, 0.6) is 0 Å². The number of carbonyl (C=O) groups excluding carboxylic acids is 1. The summed E-state index contributed by atoms with van der Waals surface area (Å²) in [5, 5.41) is 6.48. The van der Waals surface area contributed by atoms with Crippen molar-refractivity contribution >= 4 is 17.3 Å². The third-order valence-corrected chi connectivity index (χ3v) is 4.01. The molecule has 4 heteroatoms. The summed E-state index contributed by atoms with van der Waals surface area (Å²) in [5.41, 5.74) is 1.87. The van der Waals surface area contributed by atoms with Crippen molar-refractivity contribution in [2.75, 3.05) is 17.7 Å². The molecule has 1 aliphatic rings. The monoisotopic (exact) mass is 290 g/mol. The third-order valence-electron chi connectivity index (χ3n) is 4.01. The van der Waals surface area contributed by atoms with Crippen LogP contribution in [0.3, 0.4) is 0 Å². The average molecular weight is 290 g/mol. The Morgan fingerprint density at radius 3 is 2.67 bits per heavy atom. The van der Waals surface area contributed by atoms with Crippen LogP contribution in [0, 0.1) is 5.92 Å². The normalized spacial score (nSPS) is 22.1. The Balaban J connectivity index is 2.01. The molecule has 0 radical (unpaired) electrons. The van der Waals surface area contributed by atoms with E-state index in [2.05, 4.69) is 10.6 Å². The number of hydrogen-bond acceptors (Lipinski definition) is 3. The van der Waals surface area contributed by atoms with E-state index in [9.17, 15) is 4.79 Å². The van der Waals surface area contributed by atoms with Crippen LogP contribution < -0.4 is 10.6 Å². The average Bonchev–Trinajstić information content (AvgIpc) is 2.48. The van der Waals surface area contributed by atoms with E-state index in [0.717, 1.165) is 24.2 Å². The van der Waals surface area contributed by atoms with Crippen LogP contribution in [0.25, 0.3) is 0 Å². The second-order valence-corrected chi connectivity index (χ2v) is 6.03. The molecule has 2 N–H and O–H groups in total. The van der Waals surface area contributed by atoms with Crippen molar-refractivity contribution in [3.63, 3.8) is 0 Å². The highest BCUT2D eigenvalue weighted by molar-refractivity contribution is 5.92. The molecule has 1 saturated carbocycles. The summed E-state index contributed by atoms with van der Waals surface area (Å²) < 4.78 is 5.57. The second-order valence-electron chi connectivity index (χ2n) is 6.03. The predicted octanol–water partition coefficient (Wildman–Crippen LogP) is 3.65. The number of anilines is 2. The molecule has 1 fully saturated rings. The Morgan fingerprint density at radius 1 is 1.24 bits per heavy atom. The number of benzene rings is 1. The number of rotatable bonds is 5. The van der Waals surface area contributed by atoms with Gasteiger partial charge in [0.1, 0.15) is 0 Å². The van der Waals surface area contributed by atoms with E-state index in [0.29, 0.717) is 6.04 Å². The maximum absolute atomic E-state index is 11.8. The molecule has 0 aliphatic heterocycles. The van der Waals surface area contributed by atoms with Gasteiger partial charge in [0.2, 0.25) is 5.91 Å². The van der Waals surface area contributed by atoms with Crippen LogP contribution in [-0.4, -0.2) is 25.2 Å². The standard InChI is InChI=1S/C17H26N2O2/c1-12(2)17(20)19-14-8-6-7-13(11-14)18-15-9-4-5-10-16(15)21-3/h6-8,11-12,15-16,18H,4-5,9-10H2,1-3H3,(H,19,20). The number of carbonyl (C=O) groups is 1. The Labute approximate surface area is 127 Å². The van der Waals surface area contributed by atoms with Gasteiger partial charge in [-0.3, -0.25) is 4.79 Å². The first kappa shape index (κ1) is 15.8. The third kappa shape index (κ3) is 4.46. The number of amides is 1. The maximum Gasteiger partial charge on any atom is 0.226 e. The predicted molar refractivity (Wildman–Crippen MR) is 86.6 cm³/mol. The SMILES string of the molecule is COC1CCCCC1Nc1cccc(NC(=O)C(C)C)c1. The van der Waals surface area contributed by atoms with Gasteiger partial charge in [0.05, 0.1) is 12.1 Å². The number of nitrogens with one attached hydrogen (secondary N) is 2. The van der Waals surface area contributed by atoms with Crippen molar-refractivity contribution in [2.24, 2.45) is 5.92 Å². The number of methoxy groups -OCH3 is 1. The molecule has 4 nitrogen and oxygen atoms in total. The zero-order chi connectivity index (χ0) is 15.2. The first-order valence-corrected chi connectivity index (χ1v) is 7.80. The molecule has 2 atom stereocenters. The van der Waals surface area contributed by atoms with E-state index in [-0.39, 0.29) is 17.9 Å². The lowest BCUT2D eigenvalue weighted by Gasteiger charge is -2.31. The highest BCUT2D eigenvalue weighted by Gasteiger charge is 2.24. The molecule has 0 heterocycles. The van der Waals surface area contributed by atoms with Gasteiger partial charge in [0, 0.05) is 24.4 Å². The van der Waals surface area contributed by atoms with E-state index in [1.54, 1.807) is 7.11 Å². The zero-order valence-electron chi connectivity index (χ0n) is 13.2. The highest BCUT2D eigenvalue weighted by Crippen LogP contribution is 2.25. The lowest BCUT2D eigenvalue weighted by molar-refractivity contribution is -0.118. The molecule has 1 aliphatic carbocycles. The first-order chi connectivity index (χ1) is 10.1. The summed E-state index contributed by atoms with van der Waals surface area (Å²) >= 11 is 0. The van der Waals surface area contributed by atoms with Crippen LogP contribution in [0.4, 0.5) is 11.4 Å². The smallest absolute Gasteiger partial charge is 0.226 e.